The number of phenols is 1. The largest absolute Gasteiger partial charge is 0.508 e. The molecule has 0 unspecified atom stereocenters. The van der Waals surface area contributed by atoms with Crippen molar-refractivity contribution in [2.45, 2.75) is 22.7 Å². The first kappa shape index (κ1) is 26.9. The number of nitrogens with zero attached hydrogens (tertiary/aromatic N) is 3. The molecule has 208 valence electrons. The van der Waals surface area contributed by atoms with E-state index in [1.54, 1.807) is 36.4 Å². The van der Waals surface area contributed by atoms with Gasteiger partial charge in [-0.25, -0.2) is 4.90 Å². The second-order valence-corrected chi connectivity index (χ2v) is 12.2. The number of anilines is 3. The van der Waals surface area contributed by atoms with Gasteiger partial charge in [-0.15, -0.1) is 0 Å². The summed E-state index contributed by atoms with van der Waals surface area (Å²) in [6, 6.07) is 22.7. The van der Waals surface area contributed by atoms with Gasteiger partial charge in [0.25, 0.3) is 0 Å². The van der Waals surface area contributed by atoms with E-state index in [2.05, 4.69) is 5.32 Å². The fraction of sp³-hybridized carbons (Fsp3) is 0.200. The average molecular weight is 587 g/mol. The first-order valence-electron chi connectivity index (χ1n) is 12.9. The molecule has 0 radical (unpaired) electrons. The van der Waals surface area contributed by atoms with Crippen LogP contribution in [0.1, 0.15) is 16.4 Å². The fourth-order valence-electron chi connectivity index (χ4n) is 5.31. The number of aromatic nitrogens is 1. The summed E-state index contributed by atoms with van der Waals surface area (Å²) in [7, 11) is 3.87. The summed E-state index contributed by atoms with van der Waals surface area (Å²) >= 11 is 2.19. The molecule has 1 fully saturated rings. The second kappa shape index (κ2) is 10.6. The van der Waals surface area contributed by atoms with Crippen molar-refractivity contribution in [2.75, 3.05) is 29.2 Å². The Morgan fingerprint density at radius 1 is 0.927 bits per heavy atom. The molecule has 1 saturated heterocycles. The van der Waals surface area contributed by atoms with Gasteiger partial charge < -0.3 is 15.3 Å². The van der Waals surface area contributed by atoms with Crippen LogP contribution in [0.5, 0.6) is 5.75 Å². The number of phenolic OH excluding ortho intramolecular Hbond substituents is 1. The summed E-state index contributed by atoms with van der Waals surface area (Å²) in [6.45, 7) is -0.257. The highest BCUT2D eigenvalue weighted by atomic mass is 32.2. The first-order chi connectivity index (χ1) is 19.7. The standard InChI is InChI=1S/C30H26N4O5S2/c1-32(2)19-12-8-17(9-13-19)23-24-25(28(38)34(27(24)37)20-6-4-3-5-7-20)40-29-26(23)41-30(39)33(29)16-22(36)31-18-10-14-21(35)15-11-18/h3-15,23-25,35H,16H2,1-2H3,(H,31,36)/t23-,24-,25+/m0/s1. The van der Waals surface area contributed by atoms with Gasteiger partial charge in [0, 0.05) is 36.3 Å². The molecule has 3 amide bonds. The lowest BCUT2D eigenvalue weighted by atomic mass is 9.83. The molecule has 0 bridgehead atoms. The Morgan fingerprint density at radius 2 is 1.61 bits per heavy atom. The molecule has 2 N–H and O–H groups in total. The molecule has 0 spiro atoms. The van der Waals surface area contributed by atoms with E-state index in [4.69, 9.17) is 0 Å². The molecule has 4 aromatic rings. The molecule has 9 nitrogen and oxygen atoms in total. The van der Waals surface area contributed by atoms with E-state index in [0.29, 0.717) is 21.3 Å². The number of benzene rings is 3. The summed E-state index contributed by atoms with van der Waals surface area (Å²) in [5, 5.41) is 12.0. The Labute approximate surface area is 244 Å². The van der Waals surface area contributed by atoms with Gasteiger partial charge in [0.2, 0.25) is 17.7 Å². The lowest BCUT2D eigenvalue weighted by Crippen LogP contribution is -2.33. The van der Waals surface area contributed by atoms with Gasteiger partial charge >= 0.3 is 4.87 Å². The summed E-state index contributed by atoms with van der Waals surface area (Å²) in [4.78, 5) is 57.5. The maximum Gasteiger partial charge on any atom is 0.308 e. The fourth-order valence-corrected chi connectivity index (χ4v) is 8.09. The van der Waals surface area contributed by atoms with E-state index >= 15 is 0 Å². The third kappa shape index (κ3) is 4.81. The molecule has 2 aliphatic rings. The average Bonchev–Trinajstić information content (AvgIpc) is 3.41. The van der Waals surface area contributed by atoms with Gasteiger partial charge in [-0.05, 0) is 54.1 Å². The van der Waals surface area contributed by atoms with Crippen LogP contribution >= 0.6 is 23.1 Å². The molecule has 11 heteroatoms. The molecule has 3 aromatic carbocycles. The van der Waals surface area contributed by atoms with Crippen molar-refractivity contribution >= 4 is 57.9 Å². The van der Waals surface area contributed by atoms with Crippen LogP contribution in [-0.4, -0.2) is 46.7 Å². The van der Waals surface area contributed by atoms with E-state index in [-0.39, 0.29) is 29.0 Å². The number of hydrogen-bond donors (Lipinski definition) is 2. The van der Waals surface area contributed by atoms with Crippen molar-refractivity contribution < 1.29 is 19.5 Å². The minimum Gasteiger partial charge on any atom is -0.508 e. The number of carbonyl (C=O) groups is 3. The Morgan fingerprint density at radius 3 is 2.27 bits per heavy atom. The number of fused-ring (bicyclic) bond motifs is 2. The van der Waals surface area contributed by atoms with E-state index in [9.17, 15) is 24.3 Å². The monoisotopic (exact) mass is 586 g/mol. The Kier molecular flexibility index (Phi) is 6.92. The SMILES string of the molecule is CN(C)c1ccc([C@@H]2c3sc(=O)n(CC(=O)Nc4ccc(O)cc4)c3S[C@H]3C(=O)N(c4ccccc4)C(=O)[C@@H]23)cc1. The highest BCUT2D eigenvalue weighted by Gasteiger charge is 2.56. The molecule has 0 aliphatic carbocycles. The quantitative estimate of drug-likeness (QED) is 0.258. The maximum absolute atomic E-state index is 13.9. The lowest BCUT2D eigenvalue weighted by Gasteiger charge is -2.31. The van der Waals surface area contributed by atoms with E-state index < -0.39 is 23.0 Å². The predicted molar refractivity (Wildman–Crippen MR) is 160 cm³/mol. The zero-order valence-corrected chi connectivity index (χ0v) is 23.8. The van der Waals surface area contributed by atoms with Gasteiger partial charge in [-0.1, -0.05) is 53.4 Å². The minimum atomic E-state index is -0.755. The summed E-state index contributed by atoms with van der Waals surface area (Å²) < 4.78 is 1.39. The predicted octanol–water partition coefficient (Wildman–Crippen LogP) is 4.12. The second-order valence-electron chi connectivity index (χ2n) is 10.1. The van der Waals surface area contributed by atoms with E-state index in [1.165, 1.54) is 33.4 Å². The molecule has 6 rings (SSSR count). The highest BCUT2D eigenvalue weighted by molar-refractivity contribution is 8.00. The molecular formula is C30H26N4O5S2. The molecule has 3 heterocycles. The van der Waals surface area contributed by atoms with Crippen molar-refractivity contribution in [3.63, 3.8) is 0 Å². The number of carbonyl (C=O) groups excluding carboxylic acids is 3. The Bertz CT molecular complexity index is 1700. The Hall–Kier alpha value is -4.35. The Balaban J connectivity index is 1.41. The number of thioether (sulfide) groups is 1. The number of imide groups is 1. The lowest BCUT2D eigenvalue weighted by molar-refractivity contribution is -0.122. The van der Waals surface area contributed by atoms with Crippen LogP contribution in [0.3, 0.4) is 0 Å². The summed E-state index contributed by atoms with van der Waals surface area (Å²) in [6.07, 6.45) is 0. The summed E-state index contributed by atoms with van der Waals surface area (Å²) in [5.41, 5.74) is 2.79. The zero-order chi connectivity index (χ0) is 28.8. The van der Waals surface area contributed by atoms with Crippen molar-refractivity contribution in [1.82, 2.24) is 4.57 Å². The zero-order valence-electron chi connectivity index (χ0n) is 22.2. The molecule has 3 atom stereocenters. The van der Waals surface area contributed by atoms with Crippen molar-refractivity contribution in [3.05, 3.63) is 99.0 Å². The van der Waals surface area contributed by atoms with Crippen LogP contribution in [-0.2, 0) is 20.9 Å². The van der Waals surface area contributed by atoms with Crippen LogP contribution in [0, 0.1) is 5.92 Å². The number of nitrogens with one attached hydrogen (secondary N) is 1. The molecule has 1 aromatic heterocycles. The minimum absolute atomic E-state index is 0.0713. The van der Waals surface area contributed by atoms with Gasteiger partial charge in [-0.3, -0.25) is 23.7 Å². The van der Waals surface area contributed by atoms with E-state index in [1.807, 2.05) is 49.3 Å². The molecular weight excluding hydrogens is 560 g/mol. The van der Waals surface area contributed by atoms with Crippen LogP contribution < -0.4 is 20.0 Å². The number of aromatic hydroxyl groups is 1. The van der Waals surface area contributed by atoms with Crippen LogP contribution in [0.2, 0.25) is 0 Å². The third-order valence-corrected chi connectivity index (χ3v) is 9.89. The summed E-state index contributed by atoms with van der Waals surface area (Å²) in [5.74, 6) is -2.23. The van der Waals surface area contributed by atoms with Crippen molar-refractivity contribution in [3.8, 4) is 5.75 Å². The number of amides is 3. The van der Waals surface area contributed by atoms with Crippen LogP contribution in [0.25, 0.3) is 0 Å². The molecule has 41 heavy (non-hydrogen) atoms. The van der Waals surface area contributed by atoms with Gasteiger partial charge in [0.1, 0.15) is 17.5 Å². The van der Waals surface area contributed by atoms with Gasteiger partial charge in [0.05, 0.1) is 16.6 Å². The van der Waals surface area contributed by atoms with Crippen molar-refractivity contribution in [2.24, 2.45) is 5.92 Å². The topological polar surface area (TPSA) is 112 Å². The van der Waals surface area contributed by atoms with Gasteiger partial charge in [-0.2, -0.15) is 0 Å². The van der Waals surface area contributed by atoms with Crippen LogP contribution in [0.15, 0.2) is 88.7 Å². The smallest absolute Gasteiger partial charge is 0.308 e. The highest BCUT2D eigenvalue weighted by Crippen LogP contribution is 2.54. The number of para-hydroxylation sites is 1. The van der Waals surface area contributed by atoms with Gasteiger partial charge in [0.15, 0.2) is 0 Å². The first-order valence-corrected chi connectivity index (χ1v) is 14.6. The maximum atomic E-state index is 13.9. The van der Waals surface area contributed by atoms with E-state index in [0.717, 1.165) is 22.6 Å². The number of thiazole rings is 1. The number of hydrogen-bond acceptors (Lipinski definition) is 8. The molecule has 2 aliphatic heterocycles. The third-order valence-electron chi connectivity index (χ3n) is 7.29. The molecule has 0 saturated carbocycles. The normalized spacial score (nSPS) is 19.6. The van der Waals surface area contributed by atoms with Crippen molar-refractivity contribution in [1.29, 1.82) is 0 Å². The number of rotatable bonds is 6. The van der Waals surface area contributed by atoms with Crippen LogP contribution in [0.4, 0.5) is 17.1 Å².